The Morgan fingerprint density at radius 3 is 2.70 bits per heavy atom. The van der Waals surface area contributed by atoms with E-state index in [1.54, 1.807) is 31.2 Å². The van der Waals surface area contributed by atoms with Gasteiger partial charge in [0.05, 0.1) is 20.9 Å². The van der Waals surface area contributed by atoms with Crippen LogP contribution >= 0.6 is 23.4 Å². The Bertz CT molecular complexity index is 632. The largest absolute Gasteiger partial charge is 0.389 e. The van der Waals surface area contributed by atoms with Crippen molar-refractivity contribution in [1.29, 1.82) is 0 Å². The molecule has 0 saturated carbocycles. The molecule has 1 atom stereocenters. The summed E-state index contributed by atoms with van der Waals surface area (Å²) in [6.45, 7) is 1.56. The van der Waals surface area contributed by atoms with Crippen molar-refractivity contribution in [1.82, 2.24) is 4.98 Å². The second-order valence-corrected chi connectivity index (χ2v) is 5.58. The topological polar surface area (TPSA) is 76.3 Å². The minimum absolute atomic E-state index is 0.0508. The molecule has 20 heavy (non-hydrogen) atoms. The lowest BCUT2D eigenvalue weighted by molar-refractivity contribution is -0.387. The van der Waals surface area contributed by atoms with Gasteiger partial charge in [0.25, 0.3) is 5.69 Å². The molecule has 1 heterocycles. The summed E-state index contributed by atoms with van der Waals surface area (Å²) in [5.74, 6) is 0. The van der Waals surface area contributed by atoms with Crippen molar-refractivity contribution in [2.45, 2.75) is 22.9 Å². The second kappa shape index (κ2) is 6.21. The Labute approximate surface area is 124 Å². The molecule has 0 bridgehead atoms. The Balaban J connectivity index is 2.35. The first-order valence-electron chi connectivity index (χ1n) is 5.73. The summed E-state index contributed by atoms with van der Waals surface area (Å²) in [4.78, 5) is 15.2. The van der Waals surface area contributed by atoms with Crippen LogP contribution in [-0.4, -0.2) is 15.0 Å². The maximum absolute atomic E-state index is 11.1. The van der Waals surface area contributed by atoms with Gasteiger partial charge in [-0.2, -0.15) is 0 Å². The minimum Gasteiger partial charge on any atom is -0.389 e. The van der Waals surface area contributed by atoms with Crippen LogP contribution in [0.5, 0.6) is 0 Å². The molecule has 5 nitrogen and oxygen atoms in total. The molecule has 0 saturated heterocycles. The fourth-order valence-electron chi connectivity index (χ4n) is 1.56. The number of halogens is 1. The monoisotopic (exact) mass is 310 g/mol. The molecule has 0 aliphatic heterocycles. The van der Waals surface area contributed by atoms with E-state index in [0.29, 0.717) is 20.5 Å². The van der Waals surface area contributed by atoms with Crippen LogP contribution in [0.25, 0.3) is 0 Å². The fourth-order valence-corrected chi connectivity index (χ4v) is 2.51. The van der Waals surface area contributed by atoms with E-state index in [9.17, 15) is 15.2 Å². The van der Waals surface area contributed by atoms with E-state index in [1.165, 1.54) is 24.0 Å². The molecule has 0 aliphatic rings. The maximum Gasteiger partial charge on any atom is 0.283 e. The van der Waals surface area contributed by atoms with Gasteiger partial charge >= 0.3 is 0 Å². The summed E-state index contributed by atoms with van der Waals surface area (Å²) in [6.07, 6.45) is 0.737. The highest BCUT2D eigenvalue weighted by Gasteiger charge is 2.17. The second-order valence-electron chi connectivity index (χ2n) is 4.08. The number of nitro groups is 1. The quantitative estimate of drug-likeness (QED) is 0.685. The van der Waals surface area contributed by atoms with Gasteiger partial charge in [-0.15, -0.1) is 0 Å². The predicted molar refractivity (Wildman–Crippen MR) is 77.1 cm³/mol. The summed E-state index contributed by atoms with van der Waals surface area (Å²) >= 11 is 6.92. The molecule has 0 aliphatic carbocycles. The molecule has 0 spiro atoms. The molecule has 0 amide bonds. The summed E-state index contributed by atoms with van der Waals surface area (Å²) in [6, 6.07) is 8.02. The highest BCUT2D eigenvalue weighted by Crippen LogP contribution is 2.35. The number of nitrogens with zero attached hydrogens (tertiary/aromatic N) is 2. The van der Waals surface area contributed by atoms with Crippen molar-refractivity contribution in [3.8, 4) is 0 Å². The number of pyridine rings is 1. The zero-order chi connectivity index (χ0) is 14.7. The summed E-state index contributed by atoms with van der Waals surface area (Å²) in [5, 5.41) is 21.7. The third kappa shape index (κ3) is 3.47. The molecular weight excluding hydrogens is 300 g/mol. The number of hydrogen-bond donors (Lipinski definition) is 1. The van der Waals surface area contributed by atoms with Crippen LogP contribution in [0.15, 0.2) is 46.5 Å². The fraction of sp³-hybridized carbons (Fsp3) is 0.154. The van der Waals surface area contributed by atoms with Crippen molar-refractivity contribution in [2.75, 3.05) is 0 Å². The lowest BCUT2D eigenvalue weighted by Gasteiger charge is -2.07. The smallest absolute Gasteiger partial charge is 0.283 e. The molecular formula is C13H11ClN2O3S. The molecule has 7 heteroatoms. The molecule has 2 rings (SSSR count). The van der Waals surface area contributed by atoms with Crippen LogP contribution in [-0.2, 0) is 0 Å². The first-order chi connectivity index (χ1) is 9.47. The van der Waals surface area contributed by atoms with Gasteiger partial charge in [-0.05, 0) is 30.7 Å². The number of aliphatic hydroxyl groups excluding tert-OH is 1. The standard InChI is InChI=1S/C13H11ClN2O3S/c1-8(17)9-2-4-12(11(6-9)16(18)19)20-13-5-3-10(14)7-15-13/h2-8,17H,1H3/t8-/m0/s1. The number of benzene rings is 1. The van der Waals surface area contributed by atoms with Gasteiger partial charge in [-0.1, -0.05) is 29.4 Å². The molecule has 104 valence electrons. The number of aromatic nitrogens is 1. The predicted octanol–water partition coefficient (Wildman–Crippen LogP) is 3.85. The molecule has 2 aromatic rings. The van der Waals surface area contributed by atoms with E-state index in [-0.39, 0.29) is 5.69 Å². The van der Waals surface area contributed by atoms with E-state index in [0.717, 1.165) is 0 Å². The summed E-state index contributed by atoms with van der Waals surface area (Å²) in [5.41, 5.74) is 0.454. The first kappa shape index (κ1) is 14.8. The van der Waals surface area contributed by atoms with Crippen LogP contribution in [0.4, 0.5) is 5.69 Å². The highest BCUT2D eigenvalue weighted by molar-refractivity contribution is 7.99. The van der Waals surface area contributed by atoms with Crippen molar-refractivity contribution in [2.24, 2.45) is 0 Å². The van der Waals surface area contributed by atoms with Crippen LogP contribution < -0.4 is 0 Å². The average molecular weight is 311 g/mol. The molecule has 0 unspecified atom stereocenters. The minimum atomic E-state index is -0.749. The van der Waals surface area contributed by atoms with Crippen molar-refractivity contribution < 1.29 is 10.0 Å². The Hall–Kier alpha value is -1.63. The molecule has 0 fully saturated rings. The Kier molecular flexibility index (Phi) is 4.59. The first-order valence-corrected chi connectivity index (χ1v) is 6.92. The number of hydrogen-bond acceptors (Lipinski definition) is 5. The van der Waals surface area contributed by atoms with E-state index in [2.05, 4.69) is 4.98 Å². The molecule has 1 aromatic carbocycles. The maximum atomic E-state index is 11.1. The zero-order valence-electron chi connectivity index (χ0n) is 10.5. The number of rotatable bonds is 4. The third-order valence-corrected chi connectivity index (χ3v) is 3.82. The van der Waals surface area contributed by atoms with Gasteiger partial charge in [-0.3, -0.25) is 10.1 Å². The Morgan fingerprint density at radius 2 is 2.15 bits per heavy atom. The van der Waals surface area contributed by atoms with Gasteiger partial charge in [-0.25, -0.2) is 4.98 Å². The molecule has 1 aromatic heterocycles. The van der Waals surface area contributed by atoms with Crippen molar-refractivity contribution in [3.63, 3.8) is 0 Å². The van der Waals surface area contributed by atoms with Crippen LogP contribution in [0.1, 0.15) is 18.6 Å². The highest BCUT2D eigenvalue weighted by atomic mass is 35.5. The third-order valence-electron chi connectivity index (χ3n) is 2.58. The van der Waals surface area contributed by atoms with Gasteiger partial charge in [0.15, 0.2) is 0 Å². The zero-order valence-corrected chi connectivity index (χ0v) is 12.1. The lowest BCUT2D eigenvalue weighted by Crippen LogP contribution is -1.96. The van der Waals surface area contributed by atoms with E-state index >= 15 is 0 Å². The SMILES string of the molecule is C[C@H](O)c1ccc(Sc2ccc(Cl)cn2)c([N+](=O)[O-])c1. The van der Waals surface area contributed by atoms with E-state index in [1.807, 2.05) is 0 Å². The van der Waals surface area contributed by atoms with Gasteiger partial charge < -0.3 is 5.11 Å². The van der Waals surface area contributed by atoms with Gasteiger partial charge in [0, 0.05) is 12.3 Å². The number of nitro benzene ring substituents is 1. The lowest BCUT2D eigenvalue weighted by atomic mass is 10.1. The normalized spacial score (nSPS) is 12.2. The van der Waals surface area contributed by atoms with Crippen molar-refractivity contribution >= 4 is 29.1 Å². The average Bonchev–Trinajstić information content (AvgIpc) is 2.41. The van der Waals surface area contributed by atoms with Crippen LogP contribution in [0.2, 0.25) is 5.02 Å². The molecule has 1 N–H and O–H groups in total. The van der Waals surface area contributed by atoms with Crippen molar-refractivity contribution in [3.05, 3.63) is 57.2 Å². The number of aliphatic hydroxyl groups is 1. The van der Waals surface area contributed by atoms with Gasteiger partial charge in [0.2, 0.25) is 0 Å². The van der Waals surface area contributed by atoms with E-state index < -0.39 is 11.0 Å². The van der Waals surface area contributed by atoms with E-state index in [4.69, 9.17) is 11.6 Å². The van der Waals surface area contributed by atoms with Gasteiger partial charge in [0.1, 0.15) is 5.03 Å². The van der Waals surface area contributed by atoms with Crippen LogP contribution in [0, 0.1) is 10.1 Å². The summed E-state index contributed by atoms with van der Waals surface area (Å²) in [7, 11) is 0. The molecule has 0 radical (unpaired) electrons. The Morgan fingerprint density at radius 1 is 1.40 bits per heavy atom. The summed E-state index contributed by atoms with van der Waals surface area (Å²) < 4.78 is 0. The van der Waals surface area contributed by atoms with Crippen LogP contribution in [0.3, 0.4) is 0 Å².